The molecule has 1 aromatic carbocycles. The summed E-state index contributed by atoms with van der Waals surface area (Å²) in [5, 5.41) is 14.3. The highest BCUT2D eigenvalue weighted by Gasteiger charge is 2.25. The number of likely N-dealkylation sites (N-methyl/N-ethyl adjacent to an activating group) is 1. The summed E-state index contributed by atoms with van der Waals surface area (Å²) in [5.41, 5.74) is 7.51. The van der Waals surface area contributed by atoms with Gasteiger partial charge in [0.25, 0.3) is 5.91 Å². The van der Waals surface area contributed by atoms with Crippen LogP contribution < -0.4 is 21.3 Å². The second-order valence-electron chi connectivity index (χ2n) is 7.21. The first-order valence-electron chi connectivity index (χ1n) is 9.78. The van der Waals surface area contributed by atoms with E-state index >= 15 is 0 Å². The molecule has 2 heterocycles. The molecule has 0 spiro atoms. The number of hydrogen-bond donors (Lipinski definition) is 3. The average molecular weight is 382 g/mol. The number of hydrogen-bond acceptors (Lipinski definition) is 8. The van der Waals surface area contributed by atoms with Crippen molar-refractivity contribution in [2.24, 2.45) is 5.73 Å². The Hall–Kier alpha value is -2.94. The number of nitrogens with two attached hydrogens (primary N) is 1. The minimum atomic E-state index is -0.637. The molecule has 4 N–H and O–H groups in total. The molecule has 0 unspecified atom stereocenters. The Kier molecular flexibility index (Phi) is 5.25. The van der Waals surface area contributed by atoms with E-state index in [9.17, 15) is 4.79 Å². The lowest BCUT2D eigenvalue weighted by Gasteiger charge is -2.35. The predicted octanol–water partition coefficient (Wildman–Crippen LogP) is 1.43. The van der Waals surface area contributed by atoms with Crippen molar-refractivity contribution >= 4 is 29.0 Å². The van der Waals surface area contributed by atoms with Crippen LogP contribution in [0.25, 0.3) is 0 Å². The average Bonchev–Trinajstić information content (AvgIpc) is 3.53. The van der Waals surface area contributed by atoms with Crippen molar-refractivity contribution in [1.29, 1.82) is 0 Å². The largest absolute Gasteiger partial charge is 0.369 e. The maximum atomic E-state index is 11.5. The molecule has 1 aromatic heterocycles. The molecular weight excluding hydrogens is 356 g/mol. The number of rotatable bonds is 7. The predicted molar refractivity (Wildman–Crippen MR) is 109 cm³/mol. The van der Waals surface area contributed by atoms with Crippen molar-refractivity contribution in [3.05, 3.63) is 30.0 Å². The molecule has 0 radical (unpaired) electrons. The smallest absolute Gasteiger partial charge is 0.273 e. The summed E-state index contributed by atoms with van der Waals surface area (Å²) < 4.78 is 0. The van der Waals surface area contributed by atoms with Crippen molar-refractivity contribution < 1.29 is 4.79 Å². The quantitative estimate of drug-likeness (QED) is 0.659. The highest BCUT2D eigenvalue weighted by Crippen LogP contribution is 2.26. The van der Waals surface area contributed by atoms with Gasteiger partial charge in [0.05, 0.1) is 0 Å². The van der Waals surface area contributed by atoms with Gasteiger partial charge in [-0.05, 0) is 43.7 Å². The zero-order chi connectivity index (χ0) is 19.5. The summed E-state index contributed by atoms with van der Waals surface area (Å²) in [5.74, 6) is 0.0811. The lowest BCUT2D eigenvalue weighted by atomic mass is 10.2. The summed E-state index contributed by atoms with van der Waals surface area (Å²) in [6.07, 6.45) is 2.11. The number of amides is 1. The topological polar surface area (TPSA) is 112 Å². The van der Waals surface area contributed by atoms with E-state index < -0.39 is 5.91 Å². The van der Waals surface area contributed by atoms with Crippen molar-refractivity contribution in [1.82, 2.24) is 20.1 Å². The van der Waals surface area contributed by atoms with E-state index in [-0.39, 0.29) is 5.69 Å². The van der Waals surface area contributed by atoms with E-state index in [1.54, 1.807) is 0 Å². The normalized spacial score (nSPS) is 17.4. The third-order valence-electron chi connectivity index (χ3n) is 5.15. The van der Waals surface area contributed by atoms with Crippen LogP contribution in [0.5, 0.6) is 0 Å². The van der Waals surface area contributed by atoms with Crippen LogP contribution in [0.2, 0.25) is 0 Å². The lowest BCUT2D eigenvalue weighted by Crippen LogP contribution is -2.46. The summed E-state index contributed by atoms with van der Waals surface area (Å²) >= 11 is 0. The third-order valence-corrected chi connectivity index (χ3v) is 5.15. The number of piperazine rings is 1. The van der Waals surface area contributed by atoms with E-state index in [2.05, 4.69) is 54.7 Å². The minimum absolute atomic E-state index is 0.0685. The molecule has 1 amide bonds. The van der Waals surface area contributed by atoms with Gasteiger partial charge in [0.1, 0.15) is 0 Å². The van der Waals surface area contributed by atoms with Crippen LogP contribution >= 0.6 is 0 Å². The molecule has 9 heteroatoms. The Labute approximate surface area is 164 Å². The molecule has 148 valence electrons. The number of aromatic nitrogens is 3. The van der Waals surface area contributed by atoms with Crippen molar-refractivity contribution in [3.63, 3.8) is 0 Å². The number of nitrogens with one attached hydrogen (secondary N) is 2. The SMILES string of the molecule is CCN1CCN(c2ccc(Nc3nnc(C(N)=O)c(NC4CC4)n3)cc2)CC1. The molecule has 4 rings (SSSR count). The molecule has 2 fully saturated rings. The van der Waals surface area contributed by atoms with Crippen molar-refractivity contribution in [2.75, 3.05) is 48.3 Å². The number of benzene rings is 1. The van der Waals surface area contributed by atoms with Gasteiger partial charge in [-0.25, -0.2) is 0 Å². The van der Waals surface area contributed by atoms with Crippen LogP contribution in [0.4, 0.5) is 23.1 Å². The summed E-state index contributed by atoms with van der Waals surface area (Å²) in [6, 6.07) is 8.52. The van der Waals surface area contributed by atoms with E-state index in [4.69, 9.17) is 5.73 Å². The number of nitrogens with zero attached hydrogens (tertiary/aromatic N) is 5. The van der Waals surface area contributed by atoms with Gasteiger partial charge in [0, 0.05) is 43.6 Å². The summed E-state index contributed by atoms with van der Waals surface area (Å²) in [7, 11) is 0. The van der Waals surface area contributed by atoms with Gasteiger partial charge in [0.15, 0.2) is 11.5 Å². The van der Waals surface area contributed by atoms with Gasteiger partial charge in [-0.3, -0.25) is 4.79 Å². The first-order chi connectivity index (χ1) is 13.6. The molecule has 1 saturated heterocycles. The minimum Gasteiger partial charge on any atom is -0.369 e. The Morgan fingerprint density at radius 2 is 1.86 bits per heavy atom. The van der Waals surface area contributed by atoms with Crippen LogP contribution in [0, 0.1) is 0 Å². The molecule has 0 atom stereocenters. The Bertz CT molecular complexity index is 828. The van der Waals surface area contributed by atoms with Gasteiger partial charge < -0.3 is 26.2 Å². The molecular formula is C19H26N8O. The molecule has 1 aliphatic heterocycles. The van der Waals surface area contributed by atoms with Crippen molar-refractivity contribution in [2.45, 2.75) is 25.8 Å². The van der Waals surface area contributed by atoms with Crippen LogP contribution in [-0.4, -0.2) is 64.8 Å². The number of carbonyl (C=O) groups excluding carboxylic acids is 1. The molecule has 0 bridgehead atoms. The maximum absolute atomic E-state index is 11.5. The van der Waals surface area contributed by atoms with Gasteiger partial charge in [-0.15, -0.1) is 10.2 Å². The van der Waals surface area contributed by atoms with Crippen LogP contribution in [0.3, 0.4) is 0 Å². The van der Waals surface area contributed by atoms with Gasteiger partial charge in [-0.1, -0.05) is 6.92 Å². The zero-order valence-electron chi connectivity index (χ0n) is 16.1. The van der Waals surface area contributed by atoms with Gasteiger partial charge >= 0.3 is 0 Å². The van der Waals surface area contributed by atoms with Gasteiger partial charge in [-0.2, -0.15) is 4.98 Å². The molecule has 28 heavy (non-hydrogen) atoms. The first kappa shape index (κ1) is 18.4. The second kappa shape index (κ2) is 7.97. The van der Waals surface area contributed by atoms with E-state index in [1.165, 1.54) is 5.69 Å². The summed E-state index contributed by atoms with van der Waals surface area (Å²) in [6.45, 7) is 7.58. The fourth-order valence-corrected chi connectivity index (χ4v) is 3.27. The molecule has 1 saturated carbocycles. The van der Waals surface area contributed by atoms with Crippen LogP contribution in [0.1, 0.15) is 30.3 Å². The monoisotopic (exact) mass is 382 g/mol. The fourth-order valence-electron chi connectivity index (χ4n) is 3.27. The van der Waals surface area contributed by atoms with E-state index in [1.807, 2.05) is 12.1 Å². The molecule has 2 aromatic rings. The zero-order valence-corrected chi connectivity index (χ0v) is 16.1. The second-order valence-corrected chi connectivity index (χ2v) is 7.21. The van der Waals surface area contributed by atoms with Crippen LogP contribution in [0.15, 0.2) is 24.3 Å². The Morgan fingerprint density at radius 3 is 2.46 bits per heavy atom. The molecule has 1 aliphatic carbocycles. The lowest BCUT2D eigenvalue weighted by molar-refractivity contribution is 0.0995. The highest BCUT2D eigenvalue weighted by molar-refractivity contribution is 5.95. The van der Waals surface area contributed by atoms with Crippen LogP contribution in [-0.2, 0) is 0 Å². The summed E-state index contributed by atoms with van der Waals surface area (Å²) in [4.78, 5) is 20.8. The third kappa shape index (κ3) is 4.30. The molecule has 9 nitrogen and oxygen atoms in total. The van der Waals surface area contributed by atoms with E-state index in [0.717, 1.165) is 51.3 Å². The van der Waals surface area contributed by atoms with E-state index in [0.29, 0.717) is 17.8 Å². The Morgan fingerprint density at radius 1 is 1.14 bits per heavy atom. The maximum Gasteiger partial charge on any atom is 0.273 e. The number of carbonyl (C=O) groups is 1. The van der Waals surface area contributed by atoms with Crippen molar-refractivity contribution in [3.8, 4) is 0 Å². The number of primary amides is 1. The fraction of sp³-hybridized carbons (Fsp3) is 0.474. The Balaban J connectivity index is 1.43. The molecule has 2 aliphatic rings. The standard InChI is InChI=1S/C19H26N8O/c1-2-26-9-11-27(12-10-26)15-7-5-14(6-8-15)22-19-23-18(21-13-3-4-13)16(17(20)28)24-25-19/h5-8,13H,2-4,9-12H2,1H3,(H2,20,28)(H2,21,22,23,25). The first-order valence-corrected chi connectivity index (χ1v) is 9.78. The highest BCUT2D eigenvalue weighted by atomic mass is 16.1. The number of anilines is 4. The van der Waals surface area contributed by atoms with Gasteiger partial charge in [0.2, 0.25) is 5.95 Å².